The summed E-state index contributed by atoms with van der Waals surface area (Å²) in [6.07, 6.45) is 2.25. The van der Waals surface area contributed by atoms with Crippen molar-refractivity contribution in [1.29, 1.82) is 5.26 Å². The first-order chi connectivity index (χ1) is 11.8. The maximum absolute atomic E-state index is 13.0. The molecular formula is C19H15ClN2O3. The van der Waals surface area contributed by atoms with Crippen molar-refractivity contribution < 1.29 is 14.6 Å². The summed E-state index contributed by atoms with van der Waals surface area (Å²) >= 11 is 5.87. The Balaban J connectivity index is 2.19. The van der Waals surface area contributed by atoms with Crippen molar-refractivity contribution in [2.45, 2.75) is 20.0 Å². The van der Waals surface area contributed by atoms with Crippen LogP contribution in [0.4, 0.5) is 0 Å². The maximum Gasteiger partial charge on any atom is 0.209 e. The van der Waals surface area contributed by atoms with E-state index in [1.54, 1.807) is 44.4 Å². The molecule has 1 N–H and O–H groups in total. The Morgan fingerprint density at radius 3 is 2.52 bits per heavy atom. The number of phenols is 1. The number of phenolic OH excluding ortho intramolecular Hbond substituents is 1. The Labute approximate surface area is 150 Å². The molecule has 2 aromatic rings. The van der Waals surface area contributed by atoms with Gasteiger partial charge in [-0.15, -0.1) is 0 Å². The van der Waals surface area contributed by atoms with E-state index in [1.807, 2.05) is 0 Å². The molecule has 0 saturated heterocycles. The zero-order valence-corrected chi connectivity index (χ0v) is 14.4. The third-order valence-corrected chi connectivity index (χ3v) is 4.39. The van der Waals surface area contributed by atoms with E-state index >= 15 is 0 Å². The minimum atomic E-state index is -1.01. The highest BCUT2D eigenvalue weighted by Gasteiger charge is 2.46. The molecule has 1 aliphatic rings. The van der Waals surface area contributed by atoms with Crippen LogP contribution in [0.1, 0.15) is 25.0 Å². The summed E-state index contributed by atoms with van der Waals surface area (Å²) in [5.74, 6) is -0.0703. The fraction of sp³-hybridized carbons (Fsp3) is 0.211. The van der Waals surface area contributed by atoms with Crippen LogP contribution in [0.2, 0.25) is 5.02 Å². The average molecular weight is 355 g/mol. The molecule has 1 aromatic carbocycles. The predicted octanol–water partition coefficient (Wildman–Crippen LogP) is 3.83. The van der Waals surface area contributed by atoms with E-state index < -0.39 is 11.5 Å². The van der Waals surface area contributed by atoms with Crippen molar-refractivity contribution in [3.8, 4) is 11.8 Å². The molecule has 0 aliphatic carbocycles. The van der Waals surface area contributed by atoms with Gasteiger partial charge in [-0.3, -0.25) is 9.78 Å². The van der Waals surface area contributed by atoms with Crippen LogP contribution in [0.3, 0.4) is 0 Å². The van der Waals surface area contributed by atoms with Crippen molar-refractivity contribution in [2.75, 3.05) is 0 Å². The second-order valence-electron chi connectivity index (χ2n) is 6.30. The summed E-state index contributed by atoms with van der Waals surface area (Å²) in [4.78, 5) is 17.0. The van der Waals surface area contributed by atoms with E-state index in [4.69, 9.17) is 16.3 Å². The fourth-order valence-corrected chi connectivity index (χ4v) is 2.78. The van der Waals surface area contributed by atoms with Crippen LogP contribution in [0.15, 0.2) is 42.7 Å². The summed E-state index contributed by atoms with van der Waals surface area (Å²) in [5, 5.41) is 19.5. The smallest absolute Gasteiger partial charge is 0.209 e. The molecule has 0 amide bonds. The number of hydrogen-bond acceptors (Lipinski definition) is 5. The number of nitrogens with zero attached hydrogens (tertiary/aromatic N) is 2. The zero-order valence-electron chi connectivity index (χ0n) is 13.7. The third kappa shape index (κ3) is 2.97. The number of ether oxygens (including phenoxy) is 1. The van der Waals surface area contributed by atoms with E-state index in [0.29, 0.717) is 22.5 Å². The lowest BCUT2D eigenvalue weighted by atomic mass is 9.83. The molecule has 5 nitrogen and oxygen atoms in total. The highest BCUT2D eigenvalue weighted by Crippen LogP contribution is 2.42. The van der Waals surface area contributed by atoms with E-state index in [1.165, 1.54) is 12.1 Å². The van der Waals surface area contributed by atoms with Crippen LogP contribution in [0, 0.1) is 16.7 Å². The normalized spacial score (nSPS) is 17.4. The van der Waals surface area contributed by atoms with Crippen LogP contribution < -0.4 is 0 Å². The van der Waals surface area contributed by atoms with Gasteiger partial charge in [0.15, 0.2) is 6.10 Å². The number of halogens is 1. The van der Waals surface area contributed by atoms with Crippen LogP contribution in [-0.4, -0.2) is 22.0 Å². The SMILES string of the molecule is CC(C)(C#N)C1OC(c2ccncc2)=C(c2ccc(Cl)c(O)c2)C1=O. The molecule has 3 rings (SSSR count). The van der Waals surface area contributed by atoms with Gasteiger partial charge in [-0.25, -0.2) is 0 Å². The van der Waals surface area contributed by atoms with Crippen molar-refractivity contribution in [3.63, 3.8) is 0 Å². The van der Waals surface area contributed by atoms with E-state index in [9.17, 15) is 15.2 Å². The van der Waals surface area contributed by atoms with Gasteiger partial charge in [0.1, 0.15) is 11.5 Å². The lowest BCUT2D eigenvalue weighted by Crippen LogP contribution is -2.34. The number of aromatic hydroxyl groups is 1. The number of aromatic nitrogens is 1. The van der Waals surface area contributed by atoms with Crippen molar-refractivity contribution in [2.24, 2.45) is 5.41 Å². The fourth-order valence-electron chi connectivity index (χ4n) is 2.66. The van der Waals surface area contributed by atoms with Gasteiger partial charge < -0.3 is 9.84 Å². The molecular weight excluding hydrogens is 340 g/mol. The lowest BCUT2D eigenvalue weighted by Gasteiger charge is -2.22. The minimum absolute atomic E-state index is 0.128. The monoisotopic (exact) mass is 354 g/mol. The number of carbonyl (C=O) groups is 1. The molecule has 0 bridgehead atoms. The number of nitriles is 1. The molecule has 25 heavy (non-hydrogen) atoms. The summed E-state index contributed by atoms with van der Waals surface area (Å²) in [6, 6.07) is 10.1. The lowest BCUT2D eigenvalue weighted by molar-refractivity contribution is -0.122. The number of benzene rings is 1. The highest BCUT2D eigenvalue weighted by molar-refractivity contribution is 6.33. The van der Waals surface area contributed by atoms with Gasteiger partial charge >= 0.3 is 0 Å². The highest BCUT2D eigenvalue weighted by atomic mass is 35.5. The van der Waals surface area contributed by atoms with Gasteiger partial charge in [0.2, 0.25) is 5.78 Å². The van der Waals surface area contributed by atoms with Gasteiger partial charge in [-0.1, -0.05) is 17.7 Å². The summed E-state index contributed by atoms with van der Waals surface area (Å²) in [7, 11) is 0. The van der Waals surface area contributed by atoms with Crippen molar-refractivity contribution >= 4 is 28.7 Å². The molecule has 0 saturated carbocycles. The molecule has 0 spiro atoms. The standard InChI is InChI=1S/C19H15ClN2O3/c1-19(2,10-21)18-16(24)15(12-3-4-13(20)14(23)9-12)17(25-18)11-5-7-22-8-6-11/h3-9,18,23H,1-2H3. The van der Waals surface area contributed by atoms with Crippen LogP contribution in [0.25, 0.3) is 11.3 Å². The topological polar surface area (TPSA) is 83.2 Å². The van der Waals surface area contributed by atoms with E-state index in [2.05, 4.69) is 11.1 Å². The zero-order chi connectivity index (χ0) is 18.2. The second kappa shape index (κ2) is 6.23. The van der Waals surface area contributed by atoms with Gasteiger partial charge in [-0.2, -0.15) is 5.26 Å². The first-order valence-corrected chi connectivity index (χ1v) is 7.98. The number of carbonyl (C=O) groups excluding carboxylic acids is 1. The Hall–Kier alpha value is -2.84. The summed E-state index contributed by atoms with van der Waals surface area (Å²) in [6.45, 7) is 3.31. The molecule has 1 unspecified atom stereocenters. The Morgan fingerprint density at radius 1 is 1.24 bits per heavy atom. The molecule has 126 valence electrons. The van der Waals surface area contributed by atoms with Gasteiger partial charge in [0.05, 0.1) is 22.1 Å². The molecule has 1 aromatic heterocycles. The van der Waals surface area contributed by atoms with Crippen LogP contribution >= 0.6 is 11.6 Å². The Kier molecular flexibility index (Phi) is 4.23. The first kappa shape index (κ1) is 17.0. The maximum atomic E-state index is 13.0. The molecule has 0 fully saturated rings. The summed E-state index contributed by atoms with van der Waals surface area (Å²) in [5.41, 5.74) is 0.455. The third-order valence-electron chi connectivity index (χ3n) is 4.07. The average Bonchev–Trinajstić information content (AvgIpc) is 2.96. The minimum Gasteiger partial charge on any atom is -0.506 e. The van der Waals surface area contributed by atoms with E-state index in [0.717, 1.165) is 0 Å². The Morgan fingerprint density at radius 2 is 1.92 bits per heavy atom. The van der Waals surface area contributed by atoms with Crippen molar-refractivity contribution in [1.82, 2.24) is 4.98 Å². The van der Waals surface area contributed by atoms with E-state index in [-0.39, 0.29) is 16.6 Å². The number of pyridine rings is 1. The van der Waals surface area contributed by atoms with Crippen LogP contribution in [-0.2, 0) is 9.53 Å². The molecule has 0 radical (unpaired) electrons. The first-order valence-electron chi connectivity index (χ1n) is 7.61. The second-order valence-corrected chi connectivity index (χ2v) is 6.71. The van der Waals surface area contributed by atoms with Gasteiger partial charge in [0.25, 0.3) is 0 Å². The number of Topliss-reactive ketones (excluding diaryl/α,β-unsaturated/α-hetero) is 1. The quantitative estimate of drug-likeness (QED) is 0.905. The van der Waals surface area contributed by atoms with Crippen LogP contribution in [0.5, 0.6) is 5.75 Å². The van der Waals surface area contributed by atoms with Crippen molar-refractivity contribution in [3.05, 3.63) is 58.9 Å². The summed E-state index contributed by atoms with van der Waals surface area (Å²) < 4.78 is 5.92. The Bertz CT molecular complexity index is 914. The molecule has 2 heterocycles. The molecule has 6 heteroatoms. The molecule has 1 atom stereocenters. The van der Waals surface area contributed by atoms with Gasteiger partial charge in [0, 0.05) is 18.0 Å². The number of ketones is 1. The number of hydrogen-bond donors (Lipinski definition) is 1. The number of rotatable bonds is 3. The van der Waals surface area contributed by atoms with Gasteiger partial charge in [-0.05, 0) is 43.7 Å². The molecule has 1 aliphatic heterocycles. The predicted molar refractivity (Wildman–Crippen MR) is 93.4 cm³/mol. The largest absolute Gasteiger partial charge is 0.506 e.